The maximum absolute atomic E-state index is 5.71. The Kier molecular flexibility index (Phi) is 4.43. The maximum Gasteiger partial charge on any atom is 0.134 e. The van der Waals surface area contributed by atoms with E-state index in [-0.39, 0.29) is 0 Å². The van der Waals surface area contributed by atoms with Crippen LogP contribution in [0.1, 0.15) is 16.8 Å². The molecular formula is C14H14ClN3O. The van der Waals surface area contributed by atoms with Gasteiger partial charge in [-0.05, 0) is 30.7 Å². The van der Waals surface area contributed by atoms with Crippen LogP contribution in [-0.4, -0.2) is 20.9 Å². The number of aryl methyl sites for hydroxylation is 2. The highest BCUT2D eigenvalue weighted by Gasteiger charge is 2.03. The smallest absolute Gasteiger partial charge is 0.134 e. The monoisotopic (exact) mass is 275 g/mol. The van der Waals surface area contributed by atoms with E-state index in [2.05, 4.69) is 22.2 Å². The van der Waals surface area contributed by atoms with Gasteiger partial charge in [-0.3, -0.25) is 4.68 Å². The van der Waals surface area contributed by atoms with Crippen LogP contribution in [0.5, 0.6) is 5.75 Å². The van der Waals surface area contributed by atoms with Gasteiger partial charge in [-0.15, -0.1) is 16.7 Å². The lowest BCUT2D eigenvalue weighted by molar-refractivity contribution is 0.299. The highest BCUT2D eigenvalue weighted by Crippen LogP contribution is 2.19. The Balaban J connectivity index is 2.05. The van der Waals surface area contributed by atoms with Crippen LogP contribution in [0.2, 0.25) is 0 Å². The number of aromatic nitrogens is 3. The minimum Gasteiger partial charge on any atom is -0.487 e. The molecule has 5 heteroatoms. The summed E-state index contributed by atoms with van der Waals surface area (Å²) < 4.78 is 7.35. The Hall–Kier alpha value is -1.99. The van der Waals surface area contributed by atoms with E-state index in [0.29, 0.717) is 12.5 Å². The Morgan fingerprint density at radius 2 is 2.26 bits per heavy atom. The second-order valence-corrected chi connectivity index (χ2v) is 4.36. The van der Waals surface area contributed by atoms with E-state index >= 15 is 0 Å². The highest BCUT2D eigenvalue weighted by molar-refractivity contribution is 6.19. The first-order valence-electron chi connectivity index (χ1n) is 5.82. The molecule has 98 valence electrons. The average molecular weight is 276 g/mol. The van der Waals surface area contributed by atoms with Crippen LogP contribution < -0.4 is 4.74 Å². The molecule has 0 saturated heterocycles. The molecule has 0 fully saturated rings. The summed E-state index contributed by atoms with van der Waals surface area (Å²) in [5.74, 6) is 6.96. The zero-order valence-corrected chi connectivity index (χ0v) is 11.6. The van der Waals surface area contributed by atoms with Crippen molar-refractivity contribution in [1.29, 1.82) is 0 Å². The fraction of sp³-hybridized carbons (Fsp3) is 0.286. The molecule has 1 heterocycles. The fourth-order valence-corrected chi connectivity index (χ4v) is 1.70. The van der Waals surface area contributed by atoms with Gasteiger partial charge in [-0.25, -0.2) is 0 Å². The molecule has 1 aromatic heterocycles. The molecule has 0 spiro atoms. The minimum absolute atomic E-state index is 0.337. The van der Waals surface area contributed by atoms with Gasteiger partial charge in [0.15, 0.2) is 0 Å². The van der Waals surface area contributed by atoms with E-state index in [1.807, 2.05) is 38.4 Å². The molecule has 0 aliphatic heterocycles. The van der Waals surface area contributed by atoms with Crippen LogP contribution in [0.25, 0.3) is 0 Å². The summed E-state index contributed by atoms with van der Waals surface area (Å²) in [5, 5.41) is 7.82. The van der Waals surface area contributed by atoms with Crippen molar-refractivity contribution < 1.29 is 4.74 Å². The number of nitrogens with zero attached hydrogens (tertiary/aromatic N) is 3. The second kappa shape index (κ2) is 6.26. The number of benzene rings is 1. The molecule has 0 saturated carbocycles. The van der Waals surface area contributed by atoms with Crippen molar-refractivity contribution in [2.45, 2.75) is 13.5 Å². The average Bonchev–Trinajstić information content (AvgIpc) is 2.81. The normalized spacial score (nSPS) is 9.84. The molecule has 4 nitrogen and oxygen atoms in total. The van der Waals surface area contributed by atoms with Gasteiger partial charge in [0.2, 0.25) is 0 Å². The van der Waals surface area contributed by atoms with Crippen LogP contribution in [0.4, 0.5) is 0 Å². The predicted molar refractivity (Wildman–Crippen MR) is 74.1 cm³/mol. The van der Waals surface area contributed by atoms with E-state index in [0.717, 1.165) is 22.6 Å². The molecular weight excluding hydrogens is 262 g/mol. The van der Waals surface area contributed by atoms with Crippen LogP contribution in [0, 0.1) is 18.8 Å². The van der Waals surface area contributed by atoms with E-state index in [1.165, 1.54) is 0 Å². The van der Waals surface area contributed by atoms with Crippen LogP contribution in [0.15, 0.2) is 24.4 Å². The van der Waals surface area contributed by atoms with E-state index in [1.54, 1.807) is 4.68 Å². The number of hydrogen-bond donors (Lipinski definition) is 0. The van der Waals surface area contributed by atoms with Crippen molar-refractivity contribution in [2.24, 2.45) is 7.05 Å². The van der Waals surface area contributed by atoms with Gasteiger partial charge in [0.25, 0.3) is 0 Å². The third kappa shape index (κ3) is 3.73. The quantitative estimate of drug-likeness (QED) is 0.637. The van der Waals surface area contributed by atoms with Crippen molar-refractivity contribution in [1.82, 2.24) is 15.0 Å². The molecule has 0 bridgehead atoms. The lowest BCUT2D eigenvalue weighted by Gasteiger charge is -2.07. The first-order chi connectivity index (χ1) is 9.19. The third-order valence-electron chi connectivity index (χ3n) is 2.50. The zero-order valence-electron chi connectivity index (χ0n) is 10.9. The summed E-state index contributed by atoms with van der Waals surface area (Å²) in [4.78, 5) is 0. The molecule has 0 aliphatic carbocycles. The summed E-state index contributed by atoms with van der Waals surface area (Å²) in [5.41, 5.74) is 2.77. The number of hydrogen-bond acceptors (Lipinski definition) is 3. The Bertz CT molecular complexity index is 625. The van der Waals surface area contributed by atoms with Gasteiger partial charge in [0.05, 0.1) is 12.1 Å². The van der Waals surface area contributed by atoms with E-state index < -0.39 is 0 Å². The standard InChI is InChI=1S/C14H14ClN3O/c1-11-8-12(4-3-7-15)5-6-14(11)19-10-13-9-18(2)17-16-13/h5-6,8-9H,7,10H2,1-2H3. The number of rotatable bonds is 3. The largest absolute Gasteiger partial charge is 0.487 e. The molecule has 1 aromatic carbocycles. The molecule has 2 aromatic rings. The maximum atomic E-state index is 5.71. The van der Waals surface area contributed by atoms with Crippen molar-refractivity contribution in [2.75, 3.05) is 5.88 Å². The van der Waals surface area contributed by atoms with Crippen molar-refractivity contribution in [3.05, 3.63) is 41.2 Å². The third-order valence-corrected chi connectivity index (χ3v) is 2.63. The first kappa shape index (κ1) is 13.4. The first-order valence-corrected chi connectivity index (χ1v) is 6.36. The SMILES string of the molecule is Cc1cc(C#CCCl)ccc1OCc1cn(C)nn1. The molecule has 0 radical (unpaired) electrons. The Morgan fingerprint density at radius 3 is 2.89 bits per heavy atom. The van der Waals surface area contributed by atoms with E-state index in [4.69, 9.17) is 16.3 Å². The number of alkyl halides is 1. The molecule has 2 rings (SSSR count). The lowest BCUT2D eigenvalue weighted by atomic mass is 10.1. The van der Waals surface area contributed by atoms with Crippen LogP contribution in [-0.2, 0) is 13.7 Å². The molecule has 0 N–H and O–H groups in total. The summed E-state index contributed by atoms with van der Waals surface area (Å²) >= 11 is 5.53. The van der Waals surface area contributed by atoms with Crippen molar-refractivity contribution >= 4 is 11.6 Å². The predicted octanol–water partition coefficient (Wildman–Crippen LogP) is 2.29. The van der Waals surface area contributed by atoms with Gasteiger partial charge < -0.3 is 4.74 Å². The van der Waals surface area contributed by atoms with Crippen LogP contribution >= 0.6 is 11.6 Å². The second-order valence-electron chi connectivity index (χ2n) is 4.09. The molecule has 0 aliphatic rings. The van der Waals surface area contributed by atoms with Gasteiger partial charge in [0.1, 0.15) is 18.1 Å². The van der Waals surface area contributed by atoms with Gasteiger partial charge in [-0.1, -0.05) is 17.1 Å². The van der Waals surface area contributed by atoms with E-state index in [9.17, 15) is 0 Å². The van der Waals surface area contributed by atoms with Gasteiger partial charge in [-0.2, -0.15) is 0 Å². The minimum atomic E-state index is 0.337. The van der Waals surface area contributed by atoms with Crippen LogP contribution in [0.3, 0.4) is 0 Å². The van der Waals surface area contributed by atoms with Crippen molar-refractivity contribution in [3.8, 4) is 17.6 Å². The summed E-state index contributed by atoms with van der Waals surface area (Å²) in [6, 6.07) is 5.80. The molecule has 19 heavy (non-hydrogen) atoms. The highest BCUT2D eigenvalue weighted by atomic mass is 35.5. The summed E-state index contributed by atoms with van der Waals surface area (Å²) in [6.45, 7) is 2.39. The fourth-order valence-electron chi connectivity index (χ4n) is 1.64. The van der Waals surface area contributed by atoms with Crippen molar-refractivity contribution in [3.63, 3.8) is 0 Å². The Labute approximate surface area is 117 Å². The van der Waals surface area contributed by atoms with Gasteiger partial charge in [0, 0.05) is 12.6 Å². The molecule has 0 unspecified atom stereocenters. The molecule has 0 amide bonds. The summed E-state index contributed by atoms with van der Waals surface area (Å²) in [7, 11) is 1.83. The number of ether oxygens (including phenoxy) is 1. The zero-order chi connectivity index (χ0) is 13.7. The topological polar surface area (TPSA) is 39.9 Å². The van der Waals surface area contributed by atoms with Gasteiger partial charge >= 0.3 is 0 Å². The number of halogens is 1. The molecule has 0 atom stereocenters. The lowest BCUT2D eigenvalue weighted by Crippen LogP contribution is -1.97. The summed E-state index contributed by atoms with van der Waals surface area (Å²) in [6.07, 6.45) is 1.83. The Morgan fingerprint density at radius 1 is 1.42 bits per heavy atom.